The number of para-hydroxylation sites is 1. The number of anilines is 2. The van der Waals surface area contributed by atoms with Gasteiger partial charge >= 0.3 is 0 Å². The fourth-order valence-corrected chi connectivity index (χ4v) is 6.35. The molecule has 5 rings (SSSR count). The second-order valence-electron chi connectivity index (χ2n) is 12.0. The van der Waals surface area contributed by atoms with E-state index in [9.17, 15) is 5.11 Å². The van der Waals surface area contributed by atoms with Gasteiger partial charge in [-0.15, -0.1) is 0 Å². The van der Waals surface area contributed by atoms with Gasteiger partial charge in [-0.25, -0.2) is 4.98 Å². The Morgan fingerprint density at radius 1 is 0.923 bits per heavy atom. The maximum absolute atomic E-state index is 11.1. The summed E-state index contributed by atoms with van der Waals surface area (Å²) in [5.74, 6) is 2.29. The number of hydrogen-bond acceptors (Lipinski definition) is 6. The summed E-state index contributed by atoms with van der Waals surface area (Å²) in [5.41, 5.74) is 3.41. The van der Waals surface area contributed by atoms with Crippen molar-refractivity contribution in [3.63, 3.8) is 0 Å². The smallest absolute Gasteiger partial charge is 0.225 e. The molecule has 0 bridgehead atoms. The van der Waals surface area contributed by atoms with Crippen LogP contribution in [0, 0.1) is 5.92 Å². The van der Waals surface area contributed by atoms with Gasteiger partial charge in [0.1, 0.15) is 5.82 Å². The molecule has 2 fully saturated rings. The summed E-state index contributed by atoms with van der Waals surface area (Å²) in [4.78, 5) is 11.7. The number of aliphatic hydroxyl groups excluding tert-OH is 1. The van der Waals surface area contributed by atoms with Crippen LogP contribution in [0.1, 0.15) is 88.4 Å². The third-order valence-electron chi connectivity index (χ3n) is 8.76. The van der Waals surface area contributed by atoms with Gasteiger partial charge in [-0.3, -0.25) is 0 Å². The number of benzene rings is 2. The maximum atomic E-state index is 11.1. The summed E-state index contributed by atoms with van der Waals surface area (Å²) in [6, 6.07) is 17.9. The third kappa shape index (κ3) is 7.09. The van der Waals surface area contributed by atoms with Gasteiger partial charge in [-0.1, -0.05) is 75.4 Å². The van der Waals surface area contributed by atoms with E-state index in [1.807, 2.05) is 26.2 Å². The first-order valence-corrected chi connectivity index (χ1v) is 15.3. The molecular weight excluding hydrogens is 482 g/mol. The van der Waals surface area contributed by atoms with E-state index in [1.54, 1.807) is 0 Å². The molecule has 3 aromatic rings. The molecule has 1 aliphatic heterocycles. The van der Waals surface area contributed by atoms with Gasteiger partial charge in [0.2, 0.25) is 5.95 Å². The van der Waals surface area contributed by atoms with Gasteiger partial charge in [0.25, 0.3) is 0 Å². The van der Waals surface area contributed by atoms with Crippen LogP contribution < -0.4 is 15.5 Å². The van der Waals surface area contributed by atoms with Crippen LogP contribution in [0.2, 0.25) is 0 Å². The molecular formula is C33H47N5O. The van der Waals surface area contributed by atoms with Gasteiger partial charge < -0.3 is 20.6 Å². The summed E-state index contributed by atoms with van der Waals surface area (Å²) < 4.78 is 0. The molecule has 6 heteroatoms. The fraction of sp³-hybridized carbons (Fsp3) is 0.576. The molecule has 1 saturated carbocycles. The van der Waals surface area contributed by atoms with Crippen LogP contribution in [0.15, 0.2) is 48.5 Å². The minimum Gasteiger partial charge on any atom is -0.387 e. The lowest BCUT2D eigenvalue weighted by Gasteiger charge is -2.29. The molecule has 3 atom stereocenters. The Bertz CT molecular complexity index is 1190. The predicted octanol–water partition coefficient (Wildman–Crippen LogP) is 6.64. The zero-order valence-electron chi connectivity index (χ0n) is 24.1. The van der Waals surface area contributed by atoms with Crippen LogP contribution in [-0.2, 0) is 6.42 Å². The van der Waals surface area contributed by atoms with E-state index in [0.717, 1.165) is 60.3 Å². The molecule has 1 aliphatic carbocycles. The van der Waals surface area contributed by atoms with E-state index in [0.29, 0.717) is 18.0 Å². The van der Waals surface area contributed by atoms with Gasteiger partial charge in [-0.05, 0) is 67.7 Å². The lowest BCUT2D eigenvalue weighted by atomic mass is 9.82. The van der Waals surface area contributed by atoms with E-state index in [4.69, 9.17) is 9.97 Å². The SMILES string of the molecule is CCCCCCCCc1ccc(C(O)C2NC2C2CCC(Nc3nc(N(C)C)c4ccccc4n3)CC2)cc1. The number of aromatic nitrogens is 2. The van der Waals surface area contributed by atoms with Crippen molar-refractivity contribution < 1.29 is 5.11 Å². The average molecular weight is 530 g/mol. The number of nitrogens with zero attached hydrogens (tertiary/aromatic N) is 3. The van der Waals surface area contributed by atoms with Crippen LogP contribution in [0.4, 0.5) is 11.8 Å². The molecule has 3 N–H and O–H groups in total. The lowest BCUT2D eigenvalue weighted by molar-refractivity contribution is 0.168. The zero-order valence-corrected chi connectivity index (χ0v) is 24.1. The first-order chi connectivity index (χ1) is 19.0. The summed E-state index contributed by atoms with van der Waals surface area (Å²) in [5, 5.41) is 19.4. The van der Waals surface area contributed by atoms with Crippen LogP contribution in [0.5, 0.6) is 0 Å². The highest BCUT2D eigenvalue weighted by Gasteiger charge is 2.47. The second-order valence-corrected chi connectivity index (χ2v) is 12.0. The predicted molar refractivity (Wildman–Crippen MR) is 162 cm³/mol. The standard InChI is InChI=1S/C33H47N5O/c1-4-5-6-7-8-9-12-23-15-17-25(18-16-23)31(39)30-29(36-30)24-19-21-26(22-20-24)34-33-35-28-14-11-10-13-27(28)32(37-33)38(2)3/h10-11,13-18,24,26,29-31,36,39H,4-9,12,19-22H2,1-3H3,(H,34,35,37). The molecule has 1 aromatic heterocycles. The molecule has 0 amide bonds. The highest BCUT2D eigenvalue weighted by molar-refractivity contribution is 5.90. The summed E-state index contributed by atoms with van der Waals surface area (Å²) >= 11 is 0. The van der Waals surface area contributed by atoms with Crippen LogP contribution in [0.25, 0.3) is 10.9 Å². The highest BCUT2D eigenvalue weighted by Crippen LogP contribution is 2.39. The Morgan fingerprint density at radius 3 is 2.38 bits per heavy atom. The first kappa shape index (κ1) is 27.9. The minimum atomic E-state index is -0.426. The largest absolute Gasteiger partial charge is 0.387 e. The third-order valence-corrected chi connectivity index (χ3v) is 8.76. The van der Waals surface area contributed by atoms with E-state index >= 15 is 0 Å². The maximum Gasteiger partial charge on any atom is 0.225 e. The Morgan fingerprint density at radius 2 is 1.64 bits per heavy atom. The molecule has 210 valence electrons. The van der Waals surface area contributed by atoms with Crippen molar-refractivity contribution in [2.75, 3.05) is 24.3 Å². The monoisotopic (exact) mass is 529 g/mol. The van der Waals surface area contributed by atoms with Crippen molar-refractivity contribution in [1.82, 2.24) is 15.3 Å². The average Bonchev–Trinajstić information content (AvgIpc) is 3.76. The van der Waals surface area contributed by atoms with Crippen LogP contribution in [0.3, 0.4) is 0 Å². The molecule has 2 aromatic carbocycles. The van der Waals surface area contributed by atoms with Gasteiger partial charge in [0, 0.05) is 31.6 Å². The van der Waals surface area contributed by atoms with E-state index in [1.165, 1.54) is 44.1 Å². The number of aryl methyl sites for hydroxylation is 1. The Hall–Kier alpha value is -2.70. The van der Waals surface area contributed by atoms with Crippen molar-refractivity contribution in [1.29, 1.82) is 0 Å². The summed E-state index contributed by atoms with van der Waals surface area (Å²) in [7, 11) is 4.06. The molecule has 39 heavy (non-hydrogen) atoms. The normalized spacial score (nSPS) is 23.5. The molecule has 0 radical (unpaired) electrons. The number of fused-ring (bicyclic) bond motifs is 1. The summed E-state index contributed by atoms with van der Waals surface area (Å²) in [6.07, 6.45) is 13.2. The van der Waals surface area contributed by atoms with Crippen LogP contribution >= 0.6 is 0 Å². The quantitative estimate of drug-likeness (QED) is 0.170. The van der Waals surface area contributed by atoms with Crippen molar-refractivity contribution >= 4 is 22.7 Å². The summed E-state index contributed by atoms with van der Waals surface area (Å²) in [6.45, 7) is 2.27. The number of hydrogen-bond donors (Lipinski definition) is 3. The molecule has 1 saturated heterocycles. The molecule has 3 unspecified atom stereocenters. The van der Waals surface area contributed by atoms with Crippen molar-refractivity contribution in [3.05, 3.63) is 59.7 Å². The second kappa shape index (κ2) is 13.1. The number of aliphatic hydroxyl groups is 1. The molecule has 0 spiro atoms. The minimum absolute atomic E-state index is 0.176. The van der Waals surface area contributed by atoms with E-state index in [-0.39, 0.29) is 6.04 Å². The van der Waals surface area contributed by atoms with E-state index in [2.05, 4.69) is 58.9 Å². The first-order valence-electron chi connectivity index (χ1n) is 15.3. The lowest BCUT2D eigenvalue weighted by Crippen LogP contribution is -2.30. The van der Waals surface area contributed by atoms with Gasteiger partial charge in [0.05, 0.1) is 17.7 Å². The van der Waals surface area contributed by atoms with Crippen molar-refractivity contribution in [2.24, 2.45) is 5.92 Å². The van der Waals surface area contributed by atoms with Crippen molar-refractivity contribution in [3.8, 4) is 0 Å². The highest BCUT2D eigenvalue weighted by atomic mass is 16.3. The van der Waals surface area contributed by atoms with Gasteiger partial charge in [-0.2, -0.15) is 4.98 Å². The van der Waals surface area contributed by atoms with Crippen molar-refractivity contribution in [2.45, 2.75) is 102 Å². The Labute approximate surface area is 234 Å². The molecule has 2 heterocycles. The number of nitrogens with one attached hydrogen (secondary N) is 2. The molecule has 2 aliphatic rings. The van der Waals surface area contributed by atoms with Gasteiger partial charge in [0.15, 0.2) is 0 Å². The fourth-order valence-electron chi connectivity index (χ4n) is 6.35. The number of rotatable bonds is 13. The zero-order chi connectivity index (χ0) is 27.2. The van der Waals surface area contributed by atoms with E-state index < -0.39 is 6.10 Å². The number of unbranched alkanes of at least 4 members (excludes halogenated alkanes) is 5. The Kier molecular flexibility index (Phi) is 9.36. The van der Waals surface area contributed by atoms with Crippen LogP contribution in [-0.4, -0.2) is 47.3 Å². The Balaban J connectivity index is 1.07. The molecule has 6 nitrogen and oxygen atoms in total. The topological polar surface area (TPSA) is 83.2 Å².